The monoisotopic (exact) mass is 399 g/mol. The summed E-state index contributed by atoms with van der Waals surface area (Å²) in [6.45, 7) is 10.1. The van der Waals surface area contributed by atoms with Gasteiger partial charge in [-0.3, -0.25) is 4.90 Å². The third-order valence-electron chi connectivity index (χ3n) is 4.86. The Morgan fingerprint density at radius 2 is 1.85 bits per heavy atom. The number of carbonyl (C=O) groups is 1. The van der Waals surface area contributed by atoms with Crippen LogP contribution in [0.25, 0.3) is 0 Å². The van der Waals surface area contributed by atoms with E-state index in [1.807, 2.05) is 25.1 Å². The fourth-order valence-electron chi connectivity index (χ4n) is 3.10. The van der Waals surface area contributed by atoms with Crippen LogP contribution in [0.4, 0.5) is 4.79 Å². The molecule has 27 heavy (non-hydrogen) atoms. The molecular formula is C20H32ClN2O4-. The van der Waals surface area contributed by atoms with Crippen molar-refractivity contribution >= 4 is 6.09 Å². The summed E-state index contributed by atoms with van der Waals surface area (Å²) in [6, 6.07) is 8.03. The van der Waals surface area contributed by atoms with Crippen LogP contribution < -0.4 is 17.1 Å². The number of nitrogens with zero attached hydrogens (tertiary/aromatic N) is 2. The highest BCUT2D eigenvalue weighted by Gasteiger charge is 2.23. The molecule has 0 radical (unpaired) electrons. The molecule has 0 aliphatic carbocycles. The van der Waals surface area contributed by atoms with Gasteiger partial charge in [-0.05, 0) is 30.9 Å². The van der Waals surface area contributed by atoms with E-state index in [0.717, 1.165) is 25.3 Å². The number of aliphatic hydroxyl groups is 1. The van der Waals surface area contributed by atoms with Crippen LogP contribution in [-0.4, -0.2) is 73.0 Å². The maximum atomic E-state index is 11.7. The van der Waals surface area contributed by atoms with Crippen LogP contribution in [0.1, 0.15) is 38.7 Å². The fourth-order valence-corrected chi connectivity index (χ4v) is 3.10. The molecule has 2 rings (SSSR count). The third-order valence-corrected chi connectivity index (χ3v) is 4.86. The number of ether oxygens (including phenoxy) is 2. The molecule has 2 atom stereocenters. The van der Waals surface area contributed by atoms with Crippen LogP contribution in [0, 0.1) is 0 Å². The first-order chi connectivity index (χ1) is 12.5. The average Bonchev–Trinajstić information content (AvgIpc) is 2.66. The first-order valence-corrected chi connectivity index (χ1v) is 9.59. The van der Waals surface area contributed by atoms with Crippen LogP contribution in [0.3, 0.4) is 0 Å². The number of β-amino-alcohol motifs (C(OH)–C–C–N with tert-alkyl or cyclic N) is 1. The Morgan fingerprint density at radius 3 is 2.48 bits per heavy atom. The molecule has 1 saturated heterocycles. The van der Waals surface area contributed by atoms with Crippen molar-refractivity contribution in [2.24, 2.45) is 0 Å². The minimum atomic E-state index is -0.561. The maximum absolute atomic E-state index is 11.7. The van der Waals surface area contributed by atoms with Crippen molar-refractivity contribution in [1.82, 2.24) is 9.80 Å². The molecule has 0 saturated carbocycles. The summed E-state index contributed by atoms with van der Waals surface area (Å²) in [5, 5.41) is 10.3. The van der Waals surface area contributed by atoms with E-state index in [4.69, 9.17) is 9.47 Å². The number of halogens is 1. The number of benzene rings is 1. The van der Waals surface area contributed by atoms with E-state index in [9.17, 15) is 9.90 Å². The van der Waals surface area contributed by atoms with Gasteiger partial charge < -0.3 is 31.9 Å². The lowest BCUT2D eigenvalue weighted by Crippen LogP contribution is -3.00. The van der Waals surface area contributed by atoms with E-state index in [1.54, 1.807) is 4.90 Å². The SMILES string of the molecule is CCOC(=O)N1CCN(CC(O)COc2ccccc2C(C)CC)CC1.[Cl-]. The minimum absolute atomic E-state index is 0. The van der Waals surface area contributed by atoms with Crippen molar-refractivity contribution < 1.29 is 31.8 Å². The Bertz CT molecular complexity index is 565. The lowest BCUT2D eigenvalue weighted by molar-refractivity contribution is -0.0000197. The Kier molecular flexibility index (Phi) is 10.5. The molecular weight excluding hydrogens is 368 g/mol. The largest absolute Gasteiger partial charge is 1.00 e. The summed E-state index contributed by atoms with van der Waals surface area (Å²) in [5.41, 5.74) is 1.19. The number of amides is 1. The summed E-state index contributed by atoms with van der Waals surface area (Å²) < 4.78 is 10.9. The zero-order valence-electron chi connectivity index (χ0n) is 16.6. The molecule has 1 aromatic rings. The van der Waals surface area contributed by atoms with Gasteiger partial charge in [0.2, 0.25) is 0 Å². The fraction of sp³-hybridized carbons (Fsp3) is 0.650. The molecule has 1 aromatic carbocycles. The molecule has 1 heterocycles. The van der Waals surface area contributed by atoms with Crippen LogP contribution in [0.2, 0.25) is 0 Å². The van der Waals surface area contributed by atoms with Crippen LogP contribution in [0.15, 0.2) is 24.3 Å². The predicted octanol–water partition coefficient (Wildman–Crippen LogP) is -0.282. The predicted molar refractivity (Wildman–Crippen MR) is 102 cm³/mol. The second-order valence-corrected chi connectivity index (χ2v) is 6.80. The number of aliphatic hydroxyl groups excluding tert-OH is 1. The summed E-state index contributed by atoms with van der Waals surface area (Å²) in [7, 11) is 0. The second-order valence-electron chi connectivity index (χ2n) is 6.80. The van der Waals surface area contributed by atoms with Gasteiger partial charge in [0.15, 0.2) is 0 Å². The molecule has 154 valence electrons. The number of hydrogen-bond donors (Lipinski definition) is 1. The van der Waals surface area contributed by atoms with Crippen molar-refractivity contribution in [2.45, 2.75) is 39.2 Å². The molecule has 0 aromatic heterocycles. The van der Waals surface area contributed by atoms with Gasteiger partial charge in [0.05, 0.1) is 6.61 Å². The van der Waals surface area contributed by atoms with E-state index in [0.29, 0.717) is 32.2 Å². The van der Waals surface area contributed by atoms with E-state index in [-0.39, 0.29) is 25.1 Å². The van der Waals surface area contributed by atoms with Gasteiger partial charge in [0, 0.05) is 32.7 Å². The van der Waals surface area contributed by atoms with Gasteiger partial charge >= 0.3 is 6.09 Å². The quantitative estimate of drug-likeness (QED) is 0.651. The molecule has 1 fully saturated rings. The highest BCUT2D eigenvalue weighted by atomic mass is 35.5. The number of para-hydroxylation sites is 1. The summed E-state index contributed by atoms with van der Waals surface area (Å²) in [6.07, 6.45) is 0.236. The van der Waals surface area contributed by atoms with E-state index in [2.05, 4.69) is 24.8 Å². The Hall–Kier alpha value is -1.50. The standard InChI is InChI=1S/C20H32N2O4.ClH/c1-4-16(3)18-8-6-7-9-19(18)26-15-17(23)14-21-10-12-22(13-11-21)20(24)25-5-2;/h6-9,16-17,23H,4-5,10-15H2,1-3H3;1H/p-1. The van der Waals surface area contributed by atoms with Crippen LogP contribution in [0.5, 0.6) is 5.75 Å². The number of rotatable bonds is 8. The Balaban J connectivity index is 0.00000364. The summed E-state index contributed by atoms with van der Waals surface area (Å²) in [4.78, 5) is 15.6. The maximum Gasteiger partial charge on any atom is 0.409 e. The second kappa shape index (κ2) is 12.1. The molecule has 1 amide bonds. The first-order valence-electron chi connectivity index (χ1n) is 9.59. The van der Waals surface area contributed by atoms with Crippen molar-refractivity contribution in [1.29, 1.82) is 0 Å². The molecule has 6 nitrogen and oxygen atoms in total. The third kappa shape index (κ3) is 7.20. The highest BCUT2D eigenvalue weighted by molar-refractivity contribution is 5.67. The topological polar surface area (TPSA) is 62.2 Å². The summed E-state index contributed by atoms with van der Waals surface area (Å²) >= 11 is 0. The lowest BCUT2D eigenvalue weighted by atomic mass is 9.98. The average molecular weight is 400 g/mol. The molecule has 1 aliphatic rings. The molecule has 0 bridgehead atoms. The van der Waals surface area contributed by atoms with Crippen molar-refractivity contribution in [2.75, 3.05) is 45.9 Å². The van der Waals surface area contributed by atoms with E-state index >= 15 is 0 Å². The van der Waals surface area contributed by atoms with E-state index in [1.165, 1.54) is 5.56 Å². The first kappa shape index (κ1) is 23.5. The smallest absolute Gasteiger partial charge is 0.409 e. The number of piperazine rings is 1. The van der Waals surface area contributed by atoms with E-state index < -0.39 is 6.10 Å². The Morgan fingerprint density at radius 1 is 1.19 bits per heavy atom. The van der Waals surface area contributed by atoms with Crippen LogP contribution >= 0.6 is 0 Å². The van der Waals surface area contributed by atoms with Gasteiger partial charge in [-0.1, -0.05) is 32.0 Å². The summed E-state index contributed by atoms with van der Waals surface area (Å²) in [5.74, 6) is 1.28. The van der Waals surface area contributed by atoms with Gasteiger partial charge in [0.1, 0.15) is 18.5 Å². The van der Waals surface area contributed by atoms with Crippen molar-refractivity contribution in [3.8, 4) is 5.75 Å². The molecule has 2 unspecified atom stereocenters. The van der Waals surface area contributed by atoms with Gasteiger partial charge in [-0.2, -0.15) is 0 Å². The molecule has 0 spiro atoms. The lowest BCUT2D eigenvalue weighted by Gasteiger charge is -2.34. The molecule has 1 N–H and O–H groups in total. The number of carbonyl (C=O) groups excluding carboxylic acids is 1. The number of hydrogen-bond acceptors (Lipinski definition) is 5. The van der Waals surface area contributed by atoms with Crippen molar-refractivity contribution in [3.63, 3.8) is 0 Å². The Labute approximate surface area is 168 Å². The molecule has 1 aliphatic heterocycles. The molecule has 7 heteroatoms. The zero-order valence-corrected chi connectivity index (χ0v) is 17.3. The minimum Gasteiger partial charge on any atom is -1.00 e. The van der Waals surface area contributed by atoms with Gasteiger partial charge in [-0.15, -0.1) is 0 Å². The van der Waals surface area contributed by atoms with Crippen molar-refractivity contribution in [3.05, 3.63) is 29.8 Å². The highest BCUT2D eigenvalue weighted by Crippen LogP contribution is 2.28. The van der Waals surface area contributed by atoms with Gasteiger partial charge in [0.25, 0.3) is 0 Å². The zero-order chi connectivity index (χ0) is 18.9. The normalized spacial score (nSPS) is 17.0. The van der Waals surface area contributed by atoms with Crippen LogP contribution in [-0.2, 0) is 4.74 Å². The van der Waals surface area contributed by atoms with Gasteiger partial charge in [-0.25, -0.2) is 4.79 Å².